The number of allylic oxidation sites excluding steroid dienone is 1. The van der Waals surface area contributed by atoms with E-state index in [-0.39, 0.29) is 6.61 Å². The molecule has 0 saturated heterocycles. The van der Waals surface area contributed by atoms with Crippen molar-refractivity contribution in [2.24, 2.45) is 0 Å². The van der Waals surface area contributed by atoms with Gasteiger partial charge in [0, 0.05) is 0 Å². The van der Waals surface area contributed by atoms with Gasteiger partial charge in [0.25, 0.3) is 0 Å². The zero-order valence-corrected chi connectivity index (χ0v) is 7.66. The van der Waals surface area contributed by atoms with E-state index in [0.29, 0.717) is 12.4 Å². The molecule has 1 heterocycles. The van der Waals surface area contributed by atoms with Crippen LogP contribution in [0.4, 0.5) is 0 Å². The molecule has 0 amide bonds. The maximum atomic E-state index is 11.0. The van der Waals surface area contributed by atoms with Crippen LogP contribution in [0.15, 0.2) is 11.8 Å². The Kier molecular flexibility index (Phi) is 3.76. The molecule has 0 fully saturated rings. The van der Waals surface area contributed by atoms with E-state index in [1.165, 1.54) is 0 Å². The van der Waals surface area contributed by atoms with E-state index in [1.54, 1.807) is 13.0 Å². The lowest BCUT2D eigenvalue weighted by Crippen LogP contribution is -2.27. The highest BCUT2D eigenvalue weighted by Gasteiger charge is 2.23. The topological polar surface area (TPSA) is 55.8 Å². The van der Waals surface area contributed by atoms with E-state index >= 15 is 0 Å². The molecule has 1 aliphatic rings. The minimum Gasteiger partial charge on any atom is -0.495 e. The summed E-state index contributed by atoms with van der Waals surface area (Å²) in [6.45, 7) is 2.52. The average molecular weight is 186 g/mol. The predicted octanol–water partition coefficient (Wildman–Crippen LogP) is 0.605. The van der Waals surface area contributed by atoms with Crippen molar-refractivity contribution in [1.29, 1.82) is 0 Å². The van der Waals surface area contributed by atoms with Gasteiger partial charge in [-0.05, 0) is 25.8 Å². The lowest BCUT2D eigenvalue weighted by Gasteiger charge is -2.18. The number of carbonyl (C=O) groups excluding carboxylic acids is 1. The fourth-order valence-corrected chi connectivity index (χ4v) is 1.10. The molecule has 0 aromatic carbocycles. The van der Waals surface area contributed by atoms with Crippen LogP contribution in [0.2, 0.25) is 0 Å². The van der Waals surface area contributed by atoms with E-state index in [4.69, 9.17) is 4.74 Å². The lowest BCUT2D eigenvalue weighted by molar-refractivity contribution is -0.153. The van der Waals surface area contributed by atoms with Crippen LogP contribution in [0.5, 0.6) is 0 Å². The molecule has 0 aromatic heterocycles. The lowest BCUT2D eigenvalue weighted by atomic mass is 10.2. The number of hydrogen-bond acceptors (Lipinski definition) is 4. The highest BCUT2D eigenvalue weighted by atomic mass is 16.6. The molecule has 0 saturated carbocycles. The molecule has 74 valence electrons. The van der Waals surface area contributed by atoms with Crippen molar-refractivity contribution >= 4 is 5.97 Å². The molecule has 13 heavy (non-hydrogen) atoms. The highest BCUT2D eigenvalue weighted by molar-refractivity contribution is 5.77. The first kappa shape index (κ1) is 10.1. The fraction of sp³-hybridized carbons (Fsp3) is 0.667. The Labute approximate surface area is 77.1 Å². The summed E-state index contributed by atoms with van der Waals surface area (Å²) in [5.74, 6) is -0.319. The summed E-state index contributed by atoms with van der Waals surface area (Å²) in [6.07, 6.45) is 2.25. The van der Waals surface area contributed by atoms with Crippen molar-refractivity contribution < 1.29 is 19.4 Å². The predicted molar refractivity (Wildman–Crippen MR) is 45.9 cm³/mol. The van der Waals surface area contributed by atoms with Crippen molar-refractivity contribution in [3.8, 4) is 0 Å². The quantitative estimate of drug-likeness (QED) is 0.656. The first-order valence-electron chi connectivity index (χ1n) is 4.43. The van der Waals surface area contributed by atoms with Gasteiger partial charge in [-0.1, -0.05) is 0 Å². The summed E-state index contributed by atoms with van der Waals surface area (Å²) >= 11 is 0. The van der Waals surface area contributed by atoms with Crippen molar-refractivity contribution in [3.05, 3.63) is 11.8 Å². The summed E-state index contributed by atoms with van der Waals surface area (Å²) < 4.78 is 9.76. The molecule has 0 aliphatic carbocycles. The Morgan fingerprint density at radius 1 is 1.85 bits per heavy atom. The largest absolute Gasteiger partial charge is 0.495 e. The van der Waals surface area contributed by atoms with Crippen LogP contribution in [0.1, 0.15) is 19.8 Å². The maximum absolute atomic E-state index is 11.0. The second-order valence-corrected chi connectivity index (χ2v) is 2.75. The Hall–Kier alpha value is -1.03. The minimum atomic E-state index is -1.25. The molecular weight excluding hydrogens is 172 g/mol. The number of esters is 1. The summed E-state index contributed by atoms with van der Waals surface area (Å²) in [5, 5.41) is 9.41. The number of ether oxygens (including phenoxy) is 2. The van der Waals surface area contributed by atoms with Crippen LogP contribution in [-0.4, -0.2) is 30.4 Å². The number of hydrogen-bond donors (Lipinski definition) is 1. The summed E-state index contributed by atoms with van der Waals surface area (Å²) in [4.78, 5) is 11.0. The van der Waals surface area contributed by atoms with E-state index in [2.05, 4.69) is 4.74 Å². The third kappa shape index (κ3) is 2.73. The van der Waals surface area contributed by atoms with E-state index in [0.717, 1.165) is 12.8 Å². The Bertz CT molecular complexity index is 210. The molecule has 0 aromatic rings. The Balaban J connectivity index is 2.50. The summed E-state index contributed by atoms with van der Waals surface area (Å²) in [5.41, 5.74) is 0. The van der Waals surface area contributed by atoms with E-state index in [9.17, 15) is 9.90 Å². The second kappa shape index (κ2) is 4.87. The first-order chi connectivity index (χ1) is 6.25. The number of carbonyl (C=O) groups is 1. The van der Waals surface area contributed by atoms with Gasteiger partial charge in [0.05, 0.1) is 13.2 Å². The summed E-state index contributed by atoms with van der Waals surface area (Å²) in [6, 6.07) is 0. The van der Waals surface area contributed by atoms with Crippen LogP contribution in [0.25, 0.3) is 0 Å². The Morgan fingerprint density at radius 2 is 2.62 bits per heavy atom. The minimum absolute atomic E-state index is 0.267. The molecule has 1 aliphatic heterocycles. The van der Waals surface area contributed by atoms with Crippen LogP contribution >= 0.6 is 0 Å². The molecule has 1 N–H and O–H groups in total. The zero-order chi connectivity index (χ0) is 9.68. The van der Waals surface area contributed by atoms with Gasteiger partial charge in [0.2, 0.25) is 6.10 Å². The smallest absolute Gasteiger partial charge is 0.342 e. The maximum Gasteiger partial charge on any atom is 0.342 e. The van der Waals surface area contributed by atoms with Gasteiger partial charge in [-0.25, -0.2) is 4.79 Å². The highest BCUT2D eigenvalue weighted by Crippen LogP contribution is 2.14. The van der Waals surface area contributed by atoms with Crippen LogP contribution in [0, 0.1) is 0 Å². The van der Waals surface area contributed by atoms with Gasteiger partial charge in [0.15, 0.2) is 0 Å². The van der Waals surface area contributed by atoms with Crippen molar-refractivity contribution in [3.63, 3.8) is 0 Å². The van der Waals surface area contributed by atoms with Crippen molar-refractivity contribution in [1.82, 2.24) is 0 Å². The van der Waals surface area contributed by atoms with Crippen molar-refractivity contribution in [2.45, 2.75) is 25.9 Å². The standard InChI is InChI=1S/C9H14O4/c1-2-12-9(11)8(10)7-5-3-4-6-13-7/h5,8,10H,2-4,6H2,1H3. The normalized spacial score (nSPS) is 18.5. The SMILES string of the molecule is CCOC(=O)C(O)C1=CCCCO1. The monoisotopic (exact) mass is 186 g/mol. The fourth-order valence-electron chi connectivity index (χ4n) is 1.10. The molecule has 4 nitrogen and oxygen atoms in total. The zero-order valence-electron chi connectivity index (χ0n) is 7.66. The van der Waals surface area contributed by atoms with Crippen LogP contribution in [-0.2, 0) is 14.3 Å². The number of rotatable bonds is 3. The van der Waals surface area contributed by atoms with Gasteiger partial charge in [0.1, 0.15) is 5.76 Å². The first-order valence-corrected chi connectivity index (χ1v) is 4.43. The second-order valence-electron chi connectivity index (χ2n) is 2.75. The van der Waals surface area contributed by atoms with Gasteiger partial charge in [-0.2, -0.15) is 0 Å². The summed E-state index contributed by atoms with van der Waals surface area (Å²) in [7, 11) is 0. The average Bonchev–Trinajstić information content (AvgIpc) is 2.18. The van der Waals surface area contributed by atoms with Crippen LogP contribution in [0.3, 0.4) is 0 Å². The Morgan fingerprint density at radius 3 is 3.15 bits per heavy atom. The molecule has 1 rings (SSSR count). The molecule has 1 unspecified atom stereocenters. The molecule has 0 bridgehead atoms. The molecular formula is C9H14O4. The molecule has 1 atom stereocenters. The number of aliphatic hydroxyl groups excluding tert-OH is 1. The molecule has 4 heteroatoms. The third-order valence-electron chi connectivity index (χ3n) is 1.74. The van der Waals surface area contributed by atoms with Crippen molar-refractivity contribution in [2.75, 3.05) is 13.2 Å². The third-order valence-corrected chi connectivity index (χ3v) is 1.74. The molecule has 0 radical (unpaired) electrons. The van der Waals surface area contributed by atoms with E-state index in [1.807, 2.05) is 0 Å². The van der Waals surface area contributed by atoms with Gasteiger partial charge in [-0.3, -0.25) is 0 Å². The number of aliphatic hydroxyl groups is 1. The van der Waals surface area contributed by atoms with Gasteiger partial charge in [-0.15, -0.1) is 0 Å². The van der Waals surface area contributed by atoms with E-state index < -0.39 is 12.1 Å². The van der Waals surface area contributed by atoms with Crippen LogP contribution < -0.4 is 0 Å². The van der Waals surface area contributed by atoms with Gasteiger partial charge < -0.3 is 14.6 Å². The van der Waals surface area contributed by atoms with Gasteiger partial charge >= 0.3 is 5.97 Å². The molecule has 0 spiro atoms.